The van der Waals surface area contributed by atoms with E-state index < -0.39 is 0 Å². The summed E-state index contributed by atoms with van der Waals surface area (Å²) in [5.41, 5.74) is 5.09. The summed E-state index contributed by atoms with van der Waals surface area (Å²) >= 11 is 3.15. The summed E-state index contributed by atoms with van der Waals surface area (Å²) in [5.74, 6) is 0.641. The van der Waals surface area contributed by atoms with Gasteiger partial charge in [-0.25, -0.2) is 4.98 Å². The Morgan fingerprint density at radius 3 is 3.12 bits per heavy atom. The molecule has 0 saturated carbocycles. The average molecular weight is 290 g/mol. The van der Waals surface area contributed by atoms with Crippen molar-refractivity contribution in [1.82, 2.24) is 9.97 Å². The van der Waals surface area contributed by atoms with Crippen molar-refractivity contribution in [3.05, 3.63) is 21.2 Å². The van der Waals surface area contributed by atoms with E-state index in [0.29, 0.717) is 23.3 Å². The molecule has 0 aliphatic carbocycles. The molecule has 7 nitrogen and oxygen atoms in total. The first kappa shape index (κ1) is 12.5. The third kappa shape index (κ3) is 2.96. The van der Waals surface area contributed by atoms with E-state index in [1.54, 1.807) is 11.9 Å². The second kappa shape index (κ2) is 5.50. The second-order valence-electron chi connectivity index (χ2n) is 3.13. The van der Waals surface area contributed by atoms with Crippen LogP contribution in [0.25, 0.3) is 0 Å². The van der Waals surface area contributed by atoms with E-state index in [0.717, 1.165) is 0 Å². The number of hydrogen-bond acceptors (Lipinski definition) is 5. The Hall–Kier alpha value is -1.57. The Balaban J connectivity index is 2.77. The van der Waals surface area contributed by atoms with E-state index in [1.807, 2.05) is 0 Å². The van der Waals surface area contributed by atoms with Gasteiger partial charge < -0.3 is 20.8 Å². The Morgan fingerprint density at radius 2 is 2.50 bits per heavy atom. The Bertz CT molecular complexity index is 444. The first-order chi connectivity index (χ1) is 7.56. The van der Waals surface area contributed by atoms with Crippen molar-refractivity contribution in [2.45, 2.75) is 6.42 Å². The zero-order valence-corrected chi connectivity index (χ0v) is 10.2. The number of aromatic nitrogens is 2. The Morgan fingerprint density at radius 1 is 1.81 bits per heavy atom. The van der Waals surface area contributed by atoms with Gasteiger partial charge in [0.25, 0.3) is 5.56 Å². The van der Waals surface area contributed by atoms with Crippen molar-refractivity contribution < 1.29 is 5.21 Å². The highest BCUT2D eigenvalue weighted by Gasteiger charge is 2.10. The SMILES string of the molecule is CN(CCC(N)=NO)c1nc[nH]c(=O)c1Br. The number of amidine groups is 1. The van der Waals surface area contributed by atoms with E-state index in [4.69, 9.17) is 10.9 Å². The smallest absolute Gasteiger partial charge is 0.267 e. The van der Waals surface area contributed by atoms with Crippen LogP contribution in [0, 0.1) is 0 Å². The number of nitrogens with two attached hydrogens (primary N) is 1. The molecule has 0 aliphatic rings. The Kier molecular flexibility index (Phi) is 4.29. The highest BCUT2D eigenvalue weighted by atomic mass is 79.9. The van der Waals surface area contributed by atoms with Gasteiger partial charge in [-0.15, -0.1) is 0 Å². The summed E-state index contributed by atoms with van der Waals surface area (Å²) in [6.45, 7) is 0.491. The van der Waals surface area contributed by atoms with Crippen LogP contribution in [0.2, 0.25) is 0 Å². The standard InChI is InChI=1S/C8H12BrN5O2/c1-14(3-2-5(10)13-16)7-6(9)8(15)12-4-11-7/h4,16H,2-3H2,1H3,(H2,10,13)(H,11,12,15). The van der Waals surface area contributed by atoms with Gasteiger partial charge in [0.15, 0.2) is 0 Å². The first-order valence-corrected chi connectivity index (χ1v) is 5.26. The minimum absolute atomic E-state index is 0.132. The van der Waals surface area contributed by atoms with Crippen LogP contribution in [-0.4, -0.2) is 34.6 Å². The average Bonchev–Trinajstić information content (AvgIpc) is 2.29. The van der Waals surface area contributed by atoms with Crippen LogP contribution in [0.5, 0.6) is 0 Å². The number of rotatable bonds is 4. The maximum absolute atomic E-state index is 11.3. The molecule has 0 spiro atoms. The quantitative estimate of drug-likeness (QED) is 0.315. The lowest BCUT2D eigenvalue weighted by atomic mass is 10.3. The molecule has 1 aromatic heterocycles. The van der Waals surface area contributed by atoms with Crippen LogP contribution in [0.15, 0.2) is 20.8 Å². The van der Waals surface area contributed by atoms with Crippen molar-refractivity contribution in [1.29, 1.82) is 0 Å². The molecule has 1 heterocycles. The maximum Gasteiger partial charge on any atom is 0.267 e. The lowest BCUT2D eigenvalue weighted by molar-refractivity contribution is 0.317. The van der Waals surface area contributed by atoms with E-state index in [1.165, 1.54) is 6.33 Å². The number of aromatic amines is 1. The molecule has 0 bridgehead atoms. The number of halogens is 1. The zero-order valence-electron chi connectivity index (χ0n) is 8.64. The normalized spacial score (nSPS) is 11.5. The summed E-state index contributed by atoms with van der Waals surface area (Å²) in [5, 5.41) is 11.2. The van der Waals surface area contributed by atoms with Crippen molar-refractivity contribution in [3.63, 3.8) is 0 Å². The summed E-state index contributed by atoms with van der Waals surface area (Å²) in [6.07, 6.45) is 1.70. The molecule has 0 fully saturated rings. The molecule has 1 aromatic rings. The number of H-pyrrole nitrogens is 1. The second-order valence-corrected chi connectivity index (χ2v) is 3.93. The minimum atomic E-state index is -0.249. The molecule has 0 radical (unpaired) electrons. The third-order valence-corrected chi connectivity index (χ3v) is 2.69. The van der Waals surface area contributed by atoms with Gasteiger partial charge in [0, 0.05) is 20.0 Å². The Labute approximate surface area is 100 Å². The molecule has 0 saturated heterocycles. The fraction of sp³-hybridized carbons (Fsp3) is 0.375. The largest absolute Gasteiger partial charge is 0.409 e. The molecule has 88 valence electrons. The summed E-state index contributed by atoms with van der Waals surface area (Å²) < 4.78 is 0.358. The molecule has 0 aliphatic heterocycles. The lowest BCUT2D eigenvalue weighted by Gasteiger charge is -2.18. The van der Waals surface area contributed by atoms with Crippen LogP contribution in [-0.2, 0) is 0 Å². The van der Waals surface area contributed by atoms with Crippen LogP contribution < -0.4 is 16.2 Å². The molecule has 4 N–H and O–H groups in total. The van der Waals surface area contributed by atoms with Crippen LogP contribution in [0.1, 0.15) is 6.42 Å². The number of anilines is 1. The predicted molar refractivity (Wildman–Crippen MR) is 63.9 cm³/mol. The fourth-order valence-corrected chi connectivity index (χ4v) is 1.60. The zero-order chi connectivity index (χ0) is 12.1. The maximum atomic E-state index is 11.3. The summed E-state index contributed by atoms with van der Waals surface area (Å²) in [6, 6.07) is 0. The summed E-state index contributed by atoms with van der Waals surface area (Å²) in [7, 11) is 1.76. The van der Waals surface area contributed by atoms with Gasteiger partial charge >= 0.3 is 0 Å². The fourth-order valence-electron chi connectivity index (χ4n) is 1.08. The first-order valence-electron chi connectivity index (χ1n) is 4.47. The molecule has 0 unspecified atom stereocenters. The van der Waals surface area contributed by atoms with Crippen LogP contribution in [0.3, 0.4) is 0 Å². The molecule has 8 heteroatoms. The van der Waals surface area contributed by atoms with Crippen molar-refractivity contribution in [3.8, 4) is 0 Å². The van der Waals surface area contributed by atoms with Gasteiger partial charge in [0.2, 0.25) is 0 Å². The topological polar surface area (TPSA) is 108 Å². The molecular weight excluding hydrogens is 278 g/mol. The van der Waals surface area contributed by atoms with Gasteiger partial charge in [-0.05, 0) is 15.9 Å². The molecule has 16 heavy (non-hydrogen) atoms. The number of nitrogens with one attached hydrogen (secondary N) is 1. The predicted octanol–water partition coefficient (Wildman–Crippen LogP) is 0.105. The van der Waals surface area contributed by atoms with E-state index in [2.05, 4.69) is 31.1 Å². The van der Waals surface area contributed by atoms with E-state index >= 15 is 0 Å². The molecular formula is C8H12BrN5O2. The van der Waals surface area contributed by atoms with Crippen LogP contribution in [0.4, 0.5) is 5.82 Å². The van der Waals surface area contributed by atoms with Crippen molar-refractivity contribution >= 4 is 27.6 Å². The number of oxime groups is 1. The summed E-state index contributed by atoms with van der Waals surface area (Å²) in [4.78, 5) is 19.5. The minimum Gasteiger partial charge on any atom is -0.409 e. The van der Waals surface area contributed by atoms with E-state index in [-0.39, 0.29) is 11.4 Å². The third-order valence-electron chi connectivity index (χ3n) is 1.97. The van der Waals surface area contributed by atoms with Gasteiger partial charge in [-0.2, -0.15) is 0 Å². The van der Waals surface area contributed by atoms with Gasteiger partial charge in [0.05, 0.1) is 6.33 Å². The number of hydrogen-bond donors (Lipinski definition) is 3. The van der Waals surface area contributed by atoms with Crippen LogP contribution >= 0.6 is 15.9 Å². The van der Waals surface area contributed by atoms with Crippen molar-refractivity contribution in [2.75, 3.05) is 18.5 Å². The monoisotopic (exact) mass is 289 g/mol. The molecule has 0 atom stereocenters. The van der Waals surface area contributed by atoms with Crippen molar-refractivity contribution in [2.24, 2.45) is 10.9 Å². The van der Waals surface area contributed by atoms with E-state index in [9.17, 15) is 4.79 Å². The lowest BCUT2D eigenvalue weighted by Crippen LogP contribution is -2.27. The molecule has 0 amide bonds. The van der Waals surface area contributed by atoms with Gasteiger partial charge in [-0.3, -0.25) is 4.79 Å². The molecule has 1 rings (SSSR count). The van der Waals surface area contributed by atoms with Gasteiger partial charge in [0.1, 0.15) is 16.1 Å². The highest BCUT2D eigenvalue weighted by Crippen LogP contribution is 2.17. The van der Waals surface area contributed by atoms with Gasteiger partial charge in [-0.1, -0.05) is 5.16 Å². The number of nitrogens with zero attached hydrogens (tertiary/aromatic N) is 3. The molecule has 0 aromatic carbocycles. The highest BCUT2D eigenvalue weighted by molar-refractivity contribution is 9.10.